The average molecular weight is 312 g/mol. The summed E-state index contributed by atoms with van der Waals surface area (Å²) in [5, 5.41) is 0. The topological polar surface area (TPSA) is 78.7 Å². The highest BCUT2D eigenvalue weighted by molar-refractivity contribution is 7.89. The van der Waals surface area contributed by atoms with E-state index in [2.05, 4.69) is 10.3 Å². The van der Waals surface area contributed by atoms with Crippen molar-refractivity contribution in [3.8, 4) is 0 Å². The monoisotopic (exact) mass is 312 g/mol. The number of nitrogens with one attached hydrogen (secondary N) is 1. The van der Waals surface area contributed by atoms with Crippen molar-refractivity contribution in [2.75, 3.05) is 32.6 Å². The third-order valence-electron chi connectivity index (χ3n) is 4.08. The highest BCUT2D eigenvalue weighted by Crippen LogP contribution is 2.29. The van der Waals surface area contributed by atoms with E-state index in [1.54, 1.807) is 30.3 Å². The number of hydrazine groups is 1. The van der Waals surface area contributed by atoms with Gasteiger partial charge in [-0.3, -0.25) is 5.84 Å². The molecule has 1 aromatic rings. The first-order valence-corrected chi connectivity index (χ1v) is 8.46. The van der Waals surface area contributed by atoms with E-state index in [1.807, 2.05) is 14.1 Å². The minimum atomic E-state index is -3.45. The summed E-state index contributed by atoms with van der Waals surface area (Å²) in [5.41, 5.74) is 4.72. The lowest BCUT2D eigenvalue weighted by molar-refractivity contribution is 0.302. The van der Waals surface area contributed by atoms with Crippen molar-refractivity contribution < 1.29 is 8.42 Å². The van der Waals surface area contributed by atoms with Crippen molar-refractivity contribution >= 4 is 15.7 Å². The van der Waals surface area contributed by atoms with Crippen LogP contribution in [0.3, 0.4) is 0 Å². The minimum Gasteiger partial charge on any atom is -0.324 e. The van der Waals surface area contributed by atoms with Crippen LogP contribution in [0.2, 0.25) is 0 Å². The summed E-state index contributed by atoms with van der Waals surface area (Å²) < 4.78 is 27.4. The molecule has 21 heavy (non-hydrogen) atoms. The Kier molecular flexibility index (Phi) is 4.57. The molecule has 0 bridgehead atoms. The fourth-order valence-corrected chi connectivity index (χ4v) is 4.82. The van der Waals surface area contributed by atoms with Gasteiger partial charge in [0.1, 0.15) is 0 Å². The lowest BCUT2D eigenvalue weighted by Crippen LogP contribution is -2.35. The van der Waals surface area contributed by atoms with Crippen molar-refractivity contribution in [3.05, 3.63) is 23.3 Å². The normalized spacial score (nSPS) is 20.2. The Morgan fingerprint density at radius 2 is 1.86 bits per heavy atom. The standard InChI is InChI=1S/C14H24N4O2S/c1-10-7-12(16-15)8-11(2)14(10)21(19,20)18-6-5-13(9-18)17(3)4/h7-8,13,16H,5-6,9,15H2,1-4H3. The van der Waals surface area contributed by atoms with Crippen LogP contribution in [0.15, 0.2) is 17.0 Å². The van der Waals surface area contributed by atoms with E-state index >= 15 is 0 Å². The Labute approximate surface area is 126 Å². The van der Waals surface area contributed by atoms with Crippen LogP contribution in [0.25, 0.3) is 0 Å². The van der Waals surface area contributed by atoms with Gasteiger partial charge in [0.15, 0.2) is 0 Å². The summed E-state index contributed by atoms with van der Waals surface area (Å²) in [7, 11) is 0.517. The van der Waals surface area contributed by atoms with Gasteiger partial charge in [-0.15, -0.1) is 0 Å². The molecule has 3 N–H and O–H groups in total. The second-order valence-electron chi connectivity index (χ2n) is 5.85. The zero-order valence-electron chi connectivity index (χ0n) is 13.0. The van der Waals surface area contributed by atoms with Crippen molar-refractivity contribution in [2.24, 2.45) is 5.84 Å². The summed E-state index contributed by atoms with van der Waals surface area (Å²) in [6, 6.07) is 3.81. The lowest BCUT2D eigenvalue weighted by atomic mass is 10.1. The SMILES string of the molecule is Cc1cc(NN)cc(C)c1S(=O)(=O)N1CCC(N(C)C)C1. The summed E-state index contributed by atoms with van der Waals surface area (Å²) in [6.07, 6.45) is 0.868. The molecule has 0 spiro atoms. The van der Waals surface area contributed by atoms with E-state index in [9.17, 15) is 8.42 Å². The molecule has 1 aromatic carbocycles. The Morgan fingerprint density at radius 1 is 1.29 bits per heavy atom. The van der Waals surface area contributed by atoms with Crippen LogP contribution < -0.4 is 11.3 Å². The van der Waals surface area contributed by atoms with E-state index < -0.39 is 10.0 Å². The quantitative estimate of drug-likeness (QED) is 0.638. The number of anilines is 1. The van der Waals surface area contributed by atoms with Gasteiger partial charge in [-0.05, 0) is 57.6 Å². The zero-order valence-corrected chi connectivity index (χ0v) is 13.9. The molecule has 1 aliphatic heterocycles. The van der Waals surface area contributed by atoms with Crippen LogP contribution in [-0.4, -0.2) is 50.8 Å². The highest BCUT2D eigenvalue weighted by atomic mass is 32.2. The molecular weight excluding hydrogens is 288 g/mol. The number of nitrogens with two attached hydrogens (primary N) is 1. The number of rotatable bonds is 4. The molecule has 1 fully saturated rings. The highest BCUT2D eigenvalue weighted by Gasteiger charge is 2.35. The molecule has 1 aliphatic rings. The molecule has 1 unspecified atom stereocenters. The largest absolute Gasteiger partial charge is 0.324 e. The molecule has 1 saturated heterocycles. The zero-order chi connectivity index (χ0) is 15.8. The van der Waals surface area contributed by atoms with Crippen LogP contribution in [0, 0.1) is 13.8 Å². The van der Waals surface area contributed by atoms with Crippen LogP contribution >= 0.6 is 0 Å². The smallest absolute Gasteiger partial charge is 0.243 e. The van der Waals surface area contributed by atoms with Crippen LogP contribution in [0.5, 0.6) is 0 Å². The van der Waals surface area contributed by atoms with Gasteiger partial charge in [-0.1, -0.05) is 0 Å². The fourth-order valence-electron chi connectivity index (χ4n) is 2.92. The molecule has 0 aliphatic carbocycles. The van der Waals surface area contributed by atoms with Gasteiger partial charge in [0.05, 0.1) is 4.90 Å². The Hall–Kier alpha value is -1.15. The number of hydrogen-bond donors (Lipinski definition) is 2. The maximum absolute atomic E-state index is 12.9. The summed E-state index contributed by atoms with van der Waals surface area (Å²) >= 11 is 0. The van der Waals surface area contributed by atoms with E-state index in [-0.39, 0.29) is 6.04 Å². The van der Waals surface area contributed by atoms with Gasteiger partial charge in [0.25, 0.3) is 0 Å². The Bertz CT molecular complexity index is 605. The summed E-state index contributed by atoms with van der Waals surface area (Å²) in [5.74, 6) is 5.40. The van der Waals surface area contributed by atoms with E-state index in [1.165, 1.54) is 0 Å². The maximum atomic E-state index is 12.9. The summed E-state index contributed by atoms with van der Waals surface area (Å²) in [4.78, 5) is 2.48. The Morgan fingerprint density at radius 3 is 2.29 bits per heavy atom. The Balaban J connectivity index is 2.37. The molecule has 6 nitrogen and oxygen atoms in total. The number of aryl methyl sites for hydroxylation is 2. The third-order valence-corrected chi connectivity index (χ3v) is 6.25. The predicted molar refractivity (Wildman–Crippen MR) is 84.6 cm³/mol. The molecular formula is C14H24N4O2S. The first kappa shape index (κ1) is 16.2. The molecule has 1 heterocycles. The van der Waals surface area contributed by atoms with Crippen LogP contribution in [0.1, 0.15) is 17.5 Å². The molecule has 7 heteroatoms. The van der Waals surface area contributed by atoms with E-state index in [0.29, 0.717) is 18.0 Å². The minimum absolute atomic E-state index is 0.283. The van der Waals surface area contributed by atoms with Crippen molar-refractivity contribution in [1.82, 2.24) is 9.21 Å². The molecule has 0 saturated carbocycles. The molecule has 0 radical (unpaired) electrons. The number of sulfonamides is 1. The van der Waals surface area contributed by atoms with Crippen molar-refractivity contribution in [3.63, 3.8) is 0 Å². The van der Waals surface area contributed by atoms with E-state index in [0.717, 1.165) is 23.2 Å². The fraction of sp³-hybridized carbons (Fsp3) is 0.571. The summed E-state index contributed by atoms with van der Waals surface area (Å²) in [6.45, 7) is 4.73. The number of nitrogen functional groups attached to an aromatic ring is 1. The van der Waals surface area contributed by atoms with Gasteiger partial charge in [0.2, 0.25) is 10.0 Å². The predicted octanol–water partition coefficient (Wildman–Crippen LogP) is 0.914. The number of hydrogen-bond acceptors (Lipinski definition) is 5. The van der Waals surface area contributed by atoms with Gasteiger partial charge in [-0.25, -0.2) is 8.42 Å². The van der Waals surface area contributed by atoms with Gasteiger partial charge in [0, 0.05) is 24.8 Å². The van der Waals surface area contributed by atoms with E-state index in [4.69, 9.17) is 5.84 Å². The van der Waals surface area contributed by atoms with Crippen molar-refractivity contribution in [2.45, 2.75) is 31.2 Å². The number of likely N-dealkylation sites (N-methyl/N-ethyl adjacent to an activating group) is 1. The average Bonchev–Trinajstić information content (AvgIpc) is 2.87. The van der Waals surface area contributed by atoms with Gasteiger partial charge < -0.3 is 10.3 Å². The second kappa shape index (κ2) is 5.92. The van der Waals surface area contributed by atoms with Crippen LogP contribution in [-0.2, 0) is 10.0 Å². The van der Waals surface area contributed by atoms with Crippen molar-refractivity contribution in [1.29, 1.82) is 0 Å². The number of benzene rings is 1. The maximum Gasteiger partial charge on any atom is 0.243 e. The molecule has 118 valence electrons. The molecule has 0 aromatic heterocycles. The van der Waals surface area contributed by atoms with Crippen LogP contribution in [0.4, 0.5) is 5.69 Å². The van der Waals surface area contributed by atoms with Gasteiger partial charge in [-0.2, -0.15) is 4.31 Å². The number of nitrogens with zero attached hydrogens (tertiary/aromatic N) is 2. The van der Waals surface area contributed by atoms with Gasteiger partial charge >= 0.3 is 0 Å². The first-order chi connectivity index (χ1) is 9.77. The molecule has 1 atom stereocenters. The molecule has 2 rings (SSSR count). The second-order valence-corrected chi connectivity index (χ2v) is 7.73. The lowest BCUT2D eigenvalue weighted by Gasteiger charge is -2.22. The first-order valence-electron chi connectivity index (χ1n) is 7.01. The molecule has 0 amide bonds. The third kappa shape index (κ3) is 3.06.